The van der Waals surface area contributed by atoms with Crippen molar-refractivity contribution in [2.24, 2.45) is 0 Å². The Bertz CT molecular complexity index is 1490. The quantitative estimate of drug-likeness (QED) is 0.433. The number of hydrogen-bond acceptors (Lipinski definition) is 9. The summed E-state index contributed by atoms with van der Waals surface area (Å²) in [5.74, 6) is 0.411. The number of rotatable bonds is 8. The molecule has 2 aliphatic rings. The SMILES string of the molecule is Cc1nc(CNC(C)(C)C)ccc1-n1cc(-c2nc(NC3CCN(S(=O)(=O)C4CC4)CC3)ncc2C#N)cn1. The summed E-state index contributed by atoms with van der Waals surface area (Å²) in [6.45, 7) is 9.96. The Hall–Kier alpha value is -3.40. The van der Waals surface area contributed by atoms with Crippen LogP contribution in [0.5, 0.6) is 0 Å². The molecule has 1 aliphatic carbocycles. The minimum atomic E-state index is -3.15. The van der Waals surface area contributed by atoms with Gasteiger partial charge in [0.15, 0.2) is 0 Å². The molecule has 0 aromatic carbocycles. The molecular weight excluding hydrogens is 514 g/mol. The van der Waals surface area contributed by atoms with Crippen molar-refractivity contribution in [2.45, 2.75) is 76.8 Å². The molecule has 1 aliphatic heterocycles. The minimum absolute atomic E-state index is 0.00285. The molecule has 206 valence electrons. The molecule has 0 bridgehead atoms. The van der Waals surface area contributed by atoms with Crippen LogP contribution in [0.3, 0.4) is 0 Å². The fourth-order valence-electron chi connectivity index (χ4n) is 4.65. The summed E-state index contributed by atoms with van der Waals surface area (Å²) < 4.78 is 28.4. The molecule has 5 rings (SSSR count). The molecule has 1 saturated carbocycles. The Morgan fingerprint density at radius 2 is 1.85 bits per heavy atom. The largest absolute Gasteiger partial charge is 0.351 e. The Morgan fingerprint density at radius 3 is 2.49 bits per heavy atom. The van der Waals surface area contributed by atoms with Gasteiger partial charge in [-0.15, -0.1) is 0 Å². The first-order chi connectivity index (χ1) is 18.5. The zero-order valence-corrected chi connectivity index (χ0v) is 23.7. The van der Waals surface area contributed by atoms with Crippen LogP contribution < -0.4 is 10.6 Å². The Balaban J connectivity index is 1.29. The molecule has 3 aromatic rings. The molecule has 1 saturated heterocycles. The number of pyridine rings is 1. The van der Waals surface area contributed by atoms with Crippen LogP contribution in [0.2, 0.25) is 0 Å². The van der Waals surface area contributed by atoms with Crippen molar-refractivity contribution in [1.82, 2.24) is 34.4 Å². The van der Waals surface area contributed by atoms with E-state index in [1.54, 1.807) is 15.2 Å². The number of aryl methyl sites for hydroxylation is 1. The molecule has 3 aromatic heterocycles. The van der Waals surface area contributed by atoms with Crippen molar-refractivity contribution >= 4 is 16.0 Å². The Kier molecular flexibility index (Phi) is 7.41. The average Bonchev–Trinajstić information content (AvgIpc) is 3.66. The van der Waals surface area contributed by atoms with Crippen LogP contribution in [-0.4, -0.2) is 67.4 Å². The number of sulfonamides is 1. The van der Waals surface area contributed by atoms with E-state index in [1.165, 1.54) is 6.20 Å². The lowest BCUT2D eigenvalue weighted by atomic mass is 10.1. The van der Waals surface area contributed by atoms with Gasteiger partial charge in [0.1, 0.15) is 6.07 Å². The number of aromatic nitrogens is 5. The van der Waals surface area contributed by atoms with Crippen LogP contribution in [0.15, 0.2) is 30.7 Å². The number of nitrogens with zero attached hydrogens (tertiary/aromatic N) is 7. The van der Waals surface area contributed by atoms with Crippen molar-refractivity contribution in [2.75, 3.05) is 18.4 Å². The molecule has 12 heteroatoms. The Labute approximate surface area is 229 Å². The molecule has 0 unspecified atom stereocenters. The first-order valence-electron chi connectivity index (χ1n) is 13.3. The summed E-state index contributed by atoms with van der Waals surface area (Å²) in [5, 5.41) is 20.8. The van der Waals surface area contributed by atoms with Crippen LogP contribution in [-0.2, 0) is 16.6 Å². The summed E-state index contributed by atoms with van der Waals surface area (Å²) >= 11 is 0. The maximum absolute atomic E-state index is 12.5. The predicted molar refractivity (Wildman–Crippen MR) is 149 cm³/mol. The second-order valence-electron chi connectivity index (χ2n) is 11.3. The van der Waals surface area contributed by atoms with Gasteiger partial charge in [0.05, 0.1) is 46.0 Å². The monoisotopic (exact) mass is 549 g/mol. The molecule has 0 amide bonds. The van der Waals surface area contributed by atoms with Crippen molar-refractivity contribution < 1.29 is 8.42 Å². The molecular formula is C27H35N9O2S. The summed E-state index contributed by atoms with van der Waals surface area (Å²) in [5.41, 5.74) is 4.18. The Morgan fingerprint density at radius 1 is 1.10 bits per heavy atom. The van der Waals surface area contributed by atoms with E-state index in [0.717, 1.165) is 29.9 Å². The summed E-state index contributed by atoms with van der Waals surface area (Å²) in [7, 11) is -3.15. The van der Waals surface area contributed by atoms with Gasteiger partial charge in [0, 0.05) is 43.0 Å². The van der Waals surface area contributed by atoms with Gasteiger partial charge in [-0.3, -0.25) is 4.98 Å². The van der Waals surface area contributed by atoms with Gasteiger partial charge in [-0.2, -0.15) is 10.4 Å². The van der Waals surface area contributed by atoms with E-state index in [0.29, 0.717) is 55.2 Å². The number of piperidine rings is 1. The second-order valence-corrected chi connectivity index (χ2v) is 13.5. The number of anilines is 1. The fraction of sp³-hybridized carbons (Fsp3) is 0.519. The van der Waals surface area contributed by atoms with Gasteiger partial charge in [0.2, 0.25) is 16.0 Å². The smallest absolute Gasteiger partial charge is 0.223 e. The molecule has 0 spiro atoms. The molecule has 2 fully saturated rings. The van der Waals surface area contributed by atoms with E-state index in [4.69, 9.17) is 4.98 Å². The second kappa shape index (κ2) is 10.6. The molecule has 0 radical (unpaired) electrons. The highest BCUT2D eigenvalue weighted by molar-refractivity contribution is 7.90. The predicted octanol–water partition coefficient (Wildman–Crippen LogP) is 3.16. The lowest BCUT2D eigenvalue weighted by Gasteiger charge is -2.31. The van der Waals surface area contributed by atoms with Crippen LogP contribution >= 0.6 is 0 Å². The van der Waals surface area contributed by atoms with Crippen LogP contribution in [0.4, 0.5) is 5.95 Å². The maximum atomic E-state index is 12.5. The molecule has 2 N–H and O–H groups in total. The third-order valence-electron chi connectivity index (χ3n) is 7.02. The topological polar surface area (TPSA) is 142 Å². The minimum Gasteiger partial charge on any atom is -0.351 e. The standard InChI is InChI=1S/C27H35N9O2S/c1-18-24(8-5-22(32-18)16-30-27(2,3)4)36-17-20(15-31-36)25-19(13-28)14-29-26(34-25)33-21-9-11-35(12-10-21)39(37,38)23-6-7-23/h5,8,14-15,17,21,23,30H,6-7,9-12,16H2,1-4H3,(H,29,33,34). The van der Waals surface area contributed by atoms with Gasteiger partial charge in [-0.1, -0.05) is 0 Å². The van der Waals surface area contributed by atoms with Crippen molar-refractivity contribution in [3.63, 3.8) is 0 Å². The summed E-state index contributed by atoms with van der Waals surface area (Å²) in [6, 6.07) is 6.21. The first-order valence-corrected chi connectivity index (χ1v) is 14.8. The van der Waals surface area contributed by atoms with Gasteiger partial charge in [0.25, 0.3) is 0 Å². The van der Waals surface area contributed by atoms with Crippen molar-refractivity contribution in [3.05, 3.63) is 47.7 Å². The van der Waals surface area contributed by atoms with Crippen LogP contribution in [0.1, 0.15) is 63.4 Å². The van der Waals surface area contributed by atoms with E-state index in [9.17, 15) is 13.7 Å². The van der Waals surface area contributed by atoms with Gasteiger partial charge in [-0.25, -0.2) is 27.4 Å². The first kappa shape index (κ1) is 27.2. The van der Waals surface area contributed by atoms with Crippen LogP contribution in [0.25, 0.3) is 16.9 Å². The molecule has 39 heavy (non-hydrogen) atoms. The summed E-state index contributed by atoms with van der Waals surface area (Å²) in [4.78, 5) is 13.7. The molecule has 0 atom stereocenters. The van der Waals surface area contributed by atoms with E-state index in [2.05, 4.69) is 52.5 Å². The zero-order chi connectivity index (χ0) is 27.8. The maximum Gasteiger partial charge on any atom is 0.223 e. The van der Waals surface area contributed by atoms with Crippen LogP contribution in [0, 0.1) is 18.3 Å². The fourth-order valence-corrected chi connectivity index (χ4v) is 6.52. The zero-order valence-electron chi connectivity index (χ0n) is 22.8. The van der Waals surface area contributed by atoms with E-state index < -0.39 is 10.0 Å². The van der Waals surface area contributed by atoms with Gasteiger partial charge >= 0.3 is 0 Å². The molecule has 4 heterocycles. The van der Waals surface area contributed by atoms with E-state index in [-0.39, 0.29) is 16.8 Å². The number of nitrogens with one attached hydrogen (secondary N) is 2. The highest BCUT2D eigenvalue weighted by Gasteiger charge is 2.41. The number of nitriles is 1. The lowest BCUT2D eigenvalue weighted by Crippen LogP contribution is -2.43. The van der Waals surface area contributed by atoms with Crippen molar-refractivity contribution in [1.29, 1.82) is 5.26 Å². The number of hydrogen-bond donors (Lipinski definition) is 2. The van der Waals surface area contributed by atoms with Gasteiger partial charge in [-0.05, 0) is 65.5 Å². The van der Waals surface area contributed by atoms with E-state index >= 15 is 0 Å². The van der Waals surface area contributed by atoms with Crippen molar-refractivity contribution in [3.8, 4) is 23.0 Å². The third-order valence-corrected chi connectivity index (χ3v) is 9.42. The summed E-state index contributed by atoms with van der Waals surface area (Å²) in [6.07, 6.45) is 7.93. The highest BCUT2D eigenvalue weighted by atomic mass is 32.2. The lowest BCUT2D eigenvalue weighted by molar-refractivity contribution is 0.328. The normalized spacial score (nSPS) is 17.2. The third kappa shape index (κ3) is 6.27. The molecule has 11 nitrogen and oxygen atoms in total. The van der Waals surface area contributed by atoms with Gasteiger partial charge < -0.3 is 10.6 Å². The average molecular weight is 550 g/mol. The highest BCUT2D eigenvalue weighted by Crippen LogP contribution is 2.32. The van der Waals surface area contributed by atoms with E-state index in [1.807, 2.05) is 25.3 Å².